The Morgan fingerprint density at radius 3 is 2.69 bits per heavy atom. The third-order valence-corrected chi connectivity index (χ3v) is 5.04. The molecule has 0 saturated heterocycles. The molecule has 1 aromatic heterocycles. The molecule has 6 nitrogen and oxygen atoms in total. The van der Waals surface area contributed by atoms with Crippen molar-refractivity contribution < 1.29 is 14.0 Å². The molecule has 0 bridgehead atoms. The summed E-state index contributed by atoms with van der Waals surface area (Å²) in [4.78, 5) is 24.1. The number of halogens is 2. The van der Waals surface area contributed by atoms with E-state index in [2.05, 4.69) is 10.6 Å². The number of carbonyl (C=O) groups is 1. The van der Waals surface area contributed by atoms with Crippen molar-refractivity contribution in [2.45, 2.75) is 11.9 Å². The maximum atomic E-state index is 12.2. The monoisotopic (exact) mass is 410 g/mol. The largest absolute Gasteiger partial charge is 0.442 e. The molecule has 9 heteroatoms. The fourth-order valence-corrected chi connectivity index (χ4v) is 3.27. The zero-order valence-corrected chi connectivity index (χ0v) is 15.9. The van der Waals surface area contributed by atoms with Gasteiger partial charge in [0.1, 0.15) is 0 Å². The lowest BCUT2D eigenvalue weighted by atomic mass is 10.2. The summed E-state index contributed by atoms with van der Waals surface area (Å²) in [5.41, 5.74) is 1.68. The number of anilines is 1. The molecule has 0 aliphatic rings. The van der Waals surface area contributed by atoms with Crippen molar-refractivity contribution in [3.05, 3.63) is 68.5 Å². The second kappa shape index (κ2) is 7.99. The summed E-state index contributed by atoms with van der Waals surface area (Å²) in [7, 11) is 0. The third-order valence-electron chi connectivity index (χ3n) is 3.44. The number of benzene rings is 2. The lowest BCUT2D eigenvalue weighted by molar-refractivity contribution is -0.704. The SMILES string of the molecule is Cc1ccc(-[n+]2[nH]oc(=O)c2SCC(=O)Nc2cc(Cl)ccc2Cl)cc1. The van der Waals surface area contributed by atoms with E-state index in [0.717, 1.165) is 23.0 Å². The van der Waals surface area contributed by atoms with E-state index in [1.165, 1.54) is 4.68 Å². The van der Waals surface area contributed by atoms with Gasteiger partial charge in [0.05, 0.1) is 16.5 Å². The van der Waals surface area contributed by atoms with Gasteiger partial charge in [0, 0.05) is 17.2 Å². The molecule has 2 aromatic carbocycles. The fraction of sp³-hybridized carbons (Fsp3) is 0.118. The molecule has 0 unspecified atom stereocenters. The van der Waals surface area contributed by atoms with Gasteiger partial charge in [0.25, 0.3) is 0 Å². The summed E-state index contributed by atoms with van der Waals surface area (Å²) < 4.78 is 6.35. The van der Waals surface area contributed by atoms with Crippen LogP contribution in [-0.2, 0) is 4.79 Å². The van der Waals surface area contributed by atoms with E-state index in [0.29, 0.717) is 15.7 Å². The Labute approximate surface area is 163 Å². The lowest BCUT2D eigenvalue weighted by Crippen LogP contribution is -2.36. The van der Waals surface area contributed by atoms with Crippen molar-refractivity contribution in [1.82, 2.24) is 5.27 Å². The van der Waals surface area contributed by atoms with Crippen LogP contribution in [0.15, 0.2) is 56.8 Å². The Kier molecular flexibility index (Phi) is 5.70. The van der Waals surface area contributed by atoms with E-state index in [1.807, 2.05) is 31.2 Å². The maximum absolute atomic E-state index is 12.2. The molecule has 3 aromatic rings. The van der Waals surface area contributed by atoms with Gasteiger partial charge in [-0.15, -0.1) is 0 Å². The second-order valence-electron chi connectivity index (χ2n) is 5.42. The summed E-state index contributed by atoms with van der Waals surface area (Å²) in [6, 6.07) is 12.3. The number of nitrogens with one attached hydrogen (secondary N) is 2. The number of amides is 1. The minimum Gasteiger partial charge on any atom is -0.324 e. The Bertz CT molecular complexity index is 999. The molecule has 0 aliphatic heterocycles. The van der Waals surface area contributed by atoms with Gasteiger partial charge in [-0.3, -0.25) is 9.32 Å². The van der Waals surface area contributed by atoms with Crippen molar-refractivity contribution in [2.24, 2.45) is 0 Å². The molecule has 1 heterocycles. The molecule has 134 valence electrons. The normalized spacial score (nSPS) is 10.7. The lowest BCUT2D eigenvalue weighted by Gasteiger charge is -2.06. The van der Waals surface area contributed by atoms with E-state index in [9.17, 15) is 9.59 Å². The second-order valence-corrected chi connectivity index (χ2v) is 7.23. The highest BCUT2D eigenvalue weighted by molar-refractivity contribution is 7.99. The average Bonchev–Trinajstić information content (AvgIpc) is 2.98. The van der Waals surface area contributed by atoms with Crippen molar-refractivity contribution in [3.63, 3.8) is 0 Å². The van der Waals surface area contributed by atoms with E-state index < -0.39 is 5.63 Å². The first kappa shape index (κ1) is 18.6. The quantitative estimate of drug-likeness (QED) is 0.497. The van der Waals surface area contributed by atoms with Gasteiger partial charge in [-0.2, -0.15) is 0 Å². The van der Waals surface area contributed by atoms with Gasteiger partial charge in [-0.25, -0.2) is 4.79 Å². The van der Waals surface area contributed by atoms with Crippen LogP contribution in [0.2, 0.25) is 10.0 Å². The van der Waals surface area contributed by atoms with Crippen molar-refractivity contribution in [2.75, 3.05) is 11.1 Å². The Balaban J connectivity index is 1.73. The van der Waals surface area contributed by atoms with E-state index in [-0.39, 0.29) is 16.7 Å². The zero-order chi connectivity index (χ0) is 18.7. The van der Waals surface area contributed by atoms with Gasteiger partial charge in [0.15, 0.2) is 0 Å². The van der Waals surface area contributed by atoms with Crippen molar-refractivity contribution in [1.29, 1.82) is 0 Å². The number of carbonyl (C=O) groups excluding carboxylic acids is 1. The Morgan fingerprint density at radius 2 is 1.96 bits per heavy atom. The molecule has 0 spiro atoms. The highest BCUT2D eigenvalue weighted by Crippen LogP contribution is 2.25. The number of rotatable bonds is 5. The third kappa shape index (κ3) is 4.30. The van der Waals surface area contributed by atoms with Crippen LogP contribution < -0.4 is 15.6 Å². The summed E-state index contributed by atoms with van der Waals surface area (Å²) in [6.07, 6.45) is 0. The smallest absolute Gasteiger partial charge is 0.324 e. The molecule has 1 amide bonds. The molecule has 3 rings (SSSR count). The van der Waals surface area contributed by atoms with Crippen LogP contribution >= 0.6 is 35.0 Å². The van der Waals surface area contributed by atoms with E-state index in [1.54, 1.807) is 18.2 Å². The Hall–Kier alpha value is -2.22. The summed E-state index contributed by atoms with van der Waals surface area (Å²) in [5, 5.41) is 6.31. The van der Waals surface area contributed by atoms with Crippen LogP contribution in [0.4, 0.5) is 5.69 Å². The minimum absolute atomic E-state index is 0.00266. The van der Waals surface area contributed by atoms with Crippen LogP contribution in [0.1, 0.15) is 5.56 Å². The molecule has 0 saturated carbocycles. The first-order valence-electron chi connectivity index (χ1n) is 7.52. The van der Waals surface area contributed by atoms with Gasteiger partial charge in [0.2, 0.25) is 11.6 Å². The first-order chi connectivity index (χ1) is 12.4. The standard InChI is InChI=1S/C17H13Cl2N3O3S/c1-10-2-5-12(6-3-10)22-16(17(24)25-21-22)26-9-15(23)20-14-8-11(18)4-7-13(14)19/h2-8H,9H2,1H3,(H-,20,21,23,24)/p+1. The molecule has 0 atom stereocenters. The number of aryl methyl sites for hydroxylation is 1. The average molecular weight is 411 g/mol. The molecule has 0 fully saturated rings. The highest BCUT2D eigenvalue weighted by Gasteiger charge is 2.25. The number of aromatic amines is 1. The van der Waals surface area contributed by atoms with Gasteiger partial charge in [-0.05, 0) is 46.8 Å². The molecule has 2 N–H and O–H groups in total. The number of hydrogen-bond donors (Lipinski definition) is 2. The molecular formula is C17H14Cl2N3O3S+. The number of H-pyrrole nitrogens is 1. The van der Waals surface area contributed by atoms with Crippen LogP contribution in [0.5, 0.6) is 0 Å². The fourth-order valence-electron chi connectivity index (χ4n) is 2.16. The number of hydrogen-bond acceptors (Lipinski definition) is 4. The summed E-state index contributed by atoms with van der Waals surface area (Å²) in [6.45, 7) is 1.97. The van der Waals surface area contributed by atoms with Crippen LogP contribution in [0.25, 0.3) is 5.69 Å². The van der Waals surface area contributed by atoms with Crippen molar-refractivity contribution >= 4 is 46.6 Å². The predicted octanol–water partition coefficient (Wildman–Crippen LogP) is 3.59. The zero-order valence-electron chi connectivity index (χ0n) is 13.6. The highest BCUT2D eigenvalue weighted by atomic mass is 35.5. The topological polar surface area (TPSA) is 79.0 Å². The van der Waals surface area contributed by atoms with Crippen LogP contribution in [-0.4, -0.2) is 16.9 Å². The molecule has 0 radical (unpaired) electrons. The molecule has 0 aliphatic carbocycles. The first-order valence-corrected chi connectivity index (χ1v) is 9.26. The maximum Gasteiger partial charge on any atom is 0.442 e. The van der Waals surface area contributed by atoms with Gasteiger partial charge < -0.3 is 5.32 Å². The van der Waals surface area contributed by atoms with Crippen molar-refractivity contribution in [3.8, 4) is 5.69 Å². The number of aromatic nitrogens is 2. The summed E-state index contributed by atoms with van der Waals surface area (Å²) in [5.74, 6) is -0.327. The van der Waals surface area contributed by atoms with E-state index >= 15 is 0 Å². The van der Waals surface area contributed by atoms with Gasteiger partial charge in [-0.1, -0.05) is 40.9 Å². The molecular weight excluding hydrogens is 397 g/mol. The number of thioether (sulfide) groups is 1. The van der Waals surface area contributed by atoms with E-state index in [4.69, 9.17) is 27.7 Å². The van der Waals surface area contributed by atoms with Crippen LogP contribution in [0, 0.1) is 6.92 Å². The van der Waals surface area contributed by atoms with Crippen LogP contribution in [0.3, 0.4) is 0 Å². The van der Waals surface area contributed by atoms with Gasteiger partial charge >= 0.3 is 10.7 Å². The predicted molar refractivity (Wildman–Crippen MR) is 101 cm³/mol. The number of nitrogens with zero attached hydrogens (tertiary/aromatic N) is 1. The molecule has 26 heavy (non-hydrogen) atoms. The minimum atomic E-state index is -0.552. The summed E-state index contributed by atoms with van der Waals surface area (Å²) >= 11 is 13.0. The Morgan fingerprint density at radius 1 is 1.23 bits per heavy atom.